The molecule has 0 unspecified atom stereocenters. The normalized spacial score (nSPS) is 11.8. The highest BCUT2D eigenvalue weighted by Gasteiger charge is 2.20. The quantitative estimate of drug-likeness (QED) is 0.749. The lowest BCUT2D eigenvalue weighted by Crippen LogP contribution is -2.16. The van der Waals surface area contributed by atoms with Gasteiger partial charge in [0.15, 0.2) is 0 Å². The van der Waals surface area contributed by atoms with E-state index in [0.717, 1.165) is 0 Å². The van der Waals surface area contributed by atoms with E-state index in [-0.39, 0.29) is 17.5 Å². The second-order valence-electron chi connectivity index (χ2n) is 4.78. The van der Waals surface area contributed by atoms with Crippen molar-refractivity contribution in [3.8, 4) is 0 Å². The Kier molecular flexibility index (Phi) is 5.43. The number of sulfonamides is 1. The van der Waals surface area contributed by atoms with E-state index in [0.29, 0.717) is 16.0 Å². The van der Waals surface area contributed by atoms with Gasteiger partial charge in [0.25, 0.3) is 10.0 Å². The van der Waals surface area contributed by atoms with Crippen LogP contribution in [-0.4, -0.2) is 36.0 Å². The molecule has 0 radical (unpaired) electrons. The van der Waals surface area contributed by atoms with Crippen LogP contribution in [0.1, 0.15) is 19.4 Å². The lowest BCUT2D eigenvalue weighted by atomic mass is 10.2. The first-order chi connectivity index (χ1) is 10.4. The van der Waals surface area contributed by atoms with Crippen LogP contribution in [0.2, 0.25) is 0 Å². The number of aromatic nitrogens is 3. The summed E-state index contributed by atoms with van der Waals surface area (Å²) < 4.78 is 32.4. The second-order valence-corrected chi connectivity index (χ2v) is 7.97. The summed E-state index contributed by atoms with van der Waals surface area (Å²) in [7, 11) is -2.24. The molecule has 0 aliphatic heterocycles. The number of aromatic amines is 1. The highest BCUT2D eigenvalue weighted by molar-refractivity contribution is 7.99. The van der Waals surface area contributed by atoms with Crippen molar-refractivity contribution in [2.24, 2.45) is 0 Å². The molecule has 7 nitrogen and oxygen atoms in total. The first-order valence-electron chi connectivity index (χ1n) is 6.61. The van der Waals surface area contributed by atoms with E-state index >= 15 is 0 Å². The standard InChI is InChI=1S/C13H18N4O3S2/c1-9(2)21-13-14-12(15-16-13)17-22(18,19)11-7-5-4-6-10(11)8-20-3/h4-7,9H,8H2,1-3H3,(H2,14,15,16,17). The van der Waals surface area contributed by atoms with Gasteiger partial charge in [0, 0.05) is 12.4 Å². The average molecular weight is 342 g/mol. The molecule has 0 saturated carbocycles. The molecule has 1 aromatic heterocycles. The summed E-state index contributed by atoms with van der Waals surface area (Å²) in [4.78, 5) is 4.27. The smallest absolute Gasteiger partial charge is 0.264 e. The van der Waals surface area contributed by atoms with Crippen molar-refractivity contribution in [1.29, 1.82) is 0 Å². The van der Waals surface area contributed by atoms with Crippen LogP contribution in [0.3, 0.4) is 0 Å². The molecule has 2 aromatic rings. The summed E-state index contributed by atoms with van der Waals surface area (Å²) in [6.45, 7) is 4.22. The summed E-state index contributed by atoms with van der Waals surface area (Å²) in [5, 5.41) is 7.36. The van der Waals surface area contributed by atoms with Crippen molar-refractivity contribution in [3.63, 3.8) is 0 Å². The maximum Gasteiger partial charge on any atom is 0.264 e. The fourth-order valence-electron chi connectivity index (χ4n) is 1.78. The number of hydrogen-bond acceptors (Lipinski definition) is 6. The third-order valence-corrected chi connectivity index (χ3v) is 4.90. The summed E-state index contributed by atoms with van der Waals surface area (Å²) in [6, 6.07) is 6.66. The summed E-state index contributed by atoms with van der Waals surface area (Å²) in [5.41, 5.74) is 0.578. The molecular weight excluding hydrogens is 324 g/mol. The van der Waals surface area contributed by atoms with Crippen LogP contribution in [0.25, 0.3) is 0 Å². The zero-order valence-corrected chi connectivity index (χ0v) is 14.2. The van der Waals surface area contributed by atoms with E-state index < -0.39 is 10.0 Å². The topological polar surface area (TPSA) is 97.0 Å². The number of benzene rings is 1. The molecule has 2 rings (SSSR count). The van der Waals surface area contributed by atoms with Gasteiger partial charge in [-0.25, -0.2) is 18.2 Å². The van der Waals surface area contributed by atoms with Crippen LogP contribution in [0.5, 0.6) is 0 Å². The van der Waals surface area contributed by atoms with Crippen molar-refractivity contribution < 1.29 is 13.2 Å². The fraction of sp³-hybridized carbons (Fsp3) is 0.385. The van der Waals surface area contributed by atoms with Gasteiger partial charge in [-0.3, -0.25) is 0 Å². The maximum absolute atomic E-state index is 12.5. The highest BCUT2D eigenvalue weighted by Crippen LogP contribution is 2.22. The molecule has 9 heteroatoms. The van der Waals surface area contributed by atoms with E-state index in [1.54, 1.807) is 18.2 Å². The molecule has 0 atom stereocenters. The van der Waals surface area contributed by atoms with Gasteiger partial charge in [0.2, 0.25) is 11.1 Å². The third kappa shape index (κ3) is 4.21. The molecule has 0 aliphatic carbocycles. The lowest BCUT2D eigenvalue weighted by molar-refractivity contribution is 0.182. The minimum atomic E-state index is -3.75. The van der Waals surface area contributed by atoms with Crippen LogP contribution in [0.4, 0.5) is 5.95 Å². The van der Waals surface area contributed by atoms with Crippen LogP contribution in [-0.2, 0) is 21.4 Å². The maximum atomic E-state index is 12.5. The SMILES string of the molecule is COCc1ccccc1S(=O)(=O)Nc1nc(SC(C)C)n[nH]1. The van der Waals surface area contributed by atoms with Gasteiger partial charge in [-0.05, 0) is 11.6 Å². The van der Waals surface area contributed by atoms with Crippen molar-refractivity contribution in [2.45, 2.75) is 35.8 Å². The number of thioether (sulfide) groups is 1. The number of H-pyrrole nitrogens is 1. The molecule has 0 saturated heterocycles. The Hall–Kier alpha value is -1.58. The highest BCUT2D eigenvalue weighted by atomic mass is 32.2. The average Bonchev–Trinajstić information content (AvgIpc) is 2.85. The van der Waals surface area contributed by atoms with Crippen molar-refractivity contribution in [1.82, 2.24) is 15.2 Å². The third-order valence-electron chi connectivity index (χ3n) is 2.60. The molecule has 0 fully saturated rings. The molecule has 2 N–H and O–H groups in total. The summed E-state index contributed by atoms with van der Waals surface area (Å²) >= 11 is 1.44. The number of methoxy groups -OCH3 is 1. The number of hydrogen-bond donors (Lipinski definition) is 2. The van der Waals surface area contributed by atoms with Crippen molar-refractivity contribution in [2.75, 3.05) is 11.8 Å². The minimum absolute atomic E-state index is 0.0929. The zero-order chi connectivity index (χ0) is 16.2. The van der Waals surface area contributed by atoms with Crippen molar-refractivity contribution in [3.05, 3.63) is 29.8 Å². The van der Waals surface area contributed by atoms with Crippen molar-refractivity contribution >= 4 is 27.7 Å². The monoisotopic (exact) mass is 342 g/mol. The van der Waals surface area contributed by atoms with E-state index in [1.165, 1.54) is 24.9 Å². The Morgan fingerprint density at radius 1 is 1.36 bits per heavy atom. The molecule has 120 valence electrons. The van der Waals surface area contributed by atoms with Crippen LogP contribution < -0.4 is 4.72 Å². The van der Waals surface area contributed by atoms with Gasteiger partial charge in [-0.15, -0.1) is 5.10 Å². The largest absolute Gasteiger partial charge is 0.380 e. The summed E-state index contributed by atoms with van der Waals surface area (Å²) in [5.74, 6) is 0.0929. The zero-order valence-electron chi connectivity index (χ0n) is 12.5. The Bertz CT molecular complexity index is 728. The van der Waals surface area contributed by atoms with Crippen LogP contribution in [0, 0.1) is 0 Å². The molecule has 1 aromatic carbocycles. The Morgan fingerprint density at radius 3 is 2.77 bits per heavy atom. The molecule has 0 aliphatic rings. The lowest BCUT2D eigenvalue weighted by Gasteiger charge is -2.09. The fourth-order valence-corrected chi connectivity index (χ4v) is 3.63. The first-order valence-corrected chi connectivity index (χ1v) is 8.97. The number of nitrogens with one attached hydrogen (secondary N) is 2. The van der Waals surface area contributed by atoms with Gasteiger partial charge in [0.05, 0.1) is 11.5 Å². The number of ether oxygens (including phenoxy) is 1. The van der Waals surface area contributed by atoms with Gasteiger partial charge in [-0.2, -0.15) is 4.98 Å². The van der Waals surface area contributed by atoms with Crippen LogP contribution in [0.15, 0.2) is 34.3 Å². The van der Waals surface area contributed by atoms with E-state index in [9.17, 15) is 8.42 Å². The first kappa shape index (κ1) is 16.8. The Labute approximate surface area is 133 Å². The number of nitrogens with zero attached hydrogens (tertiary/aromatic N) is 2. The summed E-state index contributed by atoms with van der Waals surface area (Å²) in [6.07, 6.45) is 0. The van der Waals surface area contributed by atoms with Gasteiger partial charge in [-0.1, -0.05) is 43.8 Å². The number of anilines is 1. The van der Waals surface area contributed by atoms with Gasteiger partial charge in [0.1, 0.15) is 0 Å². The minimum Gasteiger partial charge on any atom is -0.380 e. The molecule has 0 bridgehead atoms. The van der Waals surface area contributed by atoms with Gasteiger partial charge >= 0.3 is 0 Å². The molecule has 0 spiro atoms. The van der Waals surface area contributed by atoms with E-state index in [4.69, 9.17) is 4.74 Å². The van der Waals surface area contributed by atoms with E-state index in [1.807, 2.05) is 13.8 Å². The molecule has 22 heavy (non-hydrogen) atoms. The van der Waals surface area contributed by atoms with Gasteiger partial charge < -0.3 is 4.74 Å². The molecular formula is C13H18N4O3S2. The number of rotatable bonds is 7. The van der Waals surface area contributed by atoms with E-state index in [2.05, 4.69) is 19.9 Å². The second kappa shape index (κ2) is 7.12. The Balaban J connectivity index is 2.23. The molecule has 1 heterocycles. The molecule has 0 amide bonds. The van der Waals surface area contributed by atoms with Crippen LogP contribution >= 0.6 is 11.8 Å². The predicted octanol–water partition coefficient (Wildman–Crippen LogP) is 2.25. The predicted molar refractivity (Wildman–Crippen MR) is 85.3 cm³/mol. The Morgan fingerprint density at radius 2 is 2.09 bits per heavy atom.